The highest BCUT2D eigenvalue weighted by Gasteiger charge is 2.25. The molecule has 1 aliphatic rings. The number of piperidine rings is 1. The summed E-state index contributed by atoms with van der Waals surface area (Å²) in [7, 11) is 0. The monoisotopic (exact) mass is 240 g/mol. The molecule has 1 saturated heterocycles. The van der Waals surface area contributed by atoms with E-state index in [0.29, 0.717) is 37.8 Å². The summed E-state index contributed by atoms with van der Waals surface area (Å²) >= 11 is 0. The molecule has 0 aromatic carbocycles. The Morgan fingerprint density at radius 3 is 2.65 bits per heavy atom. The number of hydrogen-bond acceptors (Lipinski definition) is 3. The highest BCUT2D eigenvalue weighted by atomic mass is 16.2. The van der Waals surface area contributed by atoms with E-state index in [1.54, 1.807) is 0 Å². The van der Waals surface area contributed by atoms with Crippen molar-refractivity contribution in [3.63, 3.8) is 0 Å². The Bertz CT molecular complexity index is 289. The Balaban J connectivity index is 2.34. The Kier molecular flexibility index (Phi) is 5.12. The first-order chi connectivity index (χ1) is 7.90. The van der Waals surface area contributed by atoms with Gasteiger partial charge in [-0.05, 0) is 12.8 Å². The van der Waals surface area contributed by atoms with Crippen LogP contribution in [0.1, 0.15) is 34.1 Å². The van der Waals surface area contributed by atoms with Crippen molar-refractivity contribution in [1.29, 1.82) is 0 Å². The Morgan fingerprint density at radius 1 is 1.47 bits per heavy atom. The molecule has 0 aromatic heterocycles. The smallest absolute Gasteiger partial charge is 0.234 e. The van der Waals surface area contributed by atoms with Crippen molar-refractivity contribution in [1.82, 2.24) is 10.2 Å². The van der Waals surface area contributed by atoms with E-state index in [0.717, 1.165) is 0 Å². The van der Waals surface area contributed by atoms with Crippen LogP contribution in [-0.4, -0.2) is 42.3 Å². The van der Waals surface area contributed by atoms with E-state index >= 15 is 0 Å². The normalized spacial score (nSPS) is 23.8. The summed E-state index contributed by atoms with van der Waals surface area (Å²) in [6, 6.07) is 0.200. The largest absolute Gasteiger partial charge is 0.352 e. The van der Waals surface area contributed by atoms with Gasteiger partial charge in [0, 0.05) is 31.5 Å². The molecule has 2 unspecified atom stereocenters. The van der Waals surface area contributed by atoms with Crippen molar-refractivity contribution < 1.29 is 9.59 Å². The van der Waals surface area contributed by atoms with E-state index in [1.165, 1.54) is 0 Å². The fourth-order valence-electron chi connectivity index (χ4n) is 1.91. The fraction of sp³-hybridized carbons (Fsp3) is 0.846. The van der Waals surface area contributed by atoms with Crippen LogP contribution >= 0.6 is 0 Å². The van der Waals surface area contributed by atoms with Crippen molar-refractivity contribution in [3.8, 4) is 0 Å². The summed E-state index contributed by atoms with van der Waals surface area (Å²) in [4.78, 5) is 25.2. The van der Waals surface area contributed by atoms with Gasteiger partial charge in [0.05, 0.1) is 6.54 Å². The molecule has 1 aliphatic heterocycles. The molecule has 0 spiro atoms. The molecule has 2 atom stereocenters. The summed E-state index contributed by atoms with van der Waals surface area (Å²) in [5.74, 6) is 0.893. The molecule has 1 fully saturated rings. The number of nitrogens with one attached hydrogen (secondary N) is 1. The number of likely N-dealkylation sites (tertiary alicyclic amines) is 1. The number of Topliss-reactive ketones (excluding diaryl/α,β-unsaturated/α-hetero) is 1. The van der Waals surface area contributed by atoms with E-state index < -0.39 is 0 Å². The zero-order chi connectivity index (χ0) is 13.0. The van der Waals surface area contributed by atoms with Crippen LogP contribution in [0.25, 0.3) is 0 Å². The average Bonchev–Trinajstić information content (AvgIpc) is 2.23. The van der Waals surface area contributed by atoms with Crippen molar-refractivity contribution in [2.45, 2.75) is 40.2 Å². The predicted molar refractivity (Wildman–Crippen MR) is 67.7 cm³/mol. The van der Waals surface area contributed by atoms with Crippen LogP contribution in [0.5, 0.6) is 0 Å². The summed E-state index contributed by atoms with van der Waals surface area (Å²) in [5.41, 5.74) is 0. The van der Waals surface area contributed by atoms with Crippen LogP contribution in [0.3, 0.4) is 0 Å². The van der Waals surface area contributed by atoms with Crippen LogP contribution < -0.4 is 5.32 Å². The fourth-order valence-corrected chi connectivity index (χ4v) is 1.91. The van der Waals surface area contributed by atoms with Crippen LogP contribution in [0, 0.1) is 11.8 Å². The first-order valence-electron chi connectivity index (χ1n) is 6.44. The van der Waals surface area contributed by atoms with Gasteiger partial charge in [0.15, 0.2) is 0 Å². The second-order valence-corrected chi connectivity index (χ2v) is 5.45. The maximum Gasteiger partial charge on any atom is 0.234 e. The van der Waals surface area contributed by atoms with E-state index in [9.17, 15) is 9.59 Å². The summed E-state index contributed by atoms with van der Waals surface area (Å²) < 4.78 is 0. The lowest BCUT2D eigenvalue weighted by Gasteiger charge is -2.30. The number of amides is 1. The number of ketones is 1. The Morgan fingerprint density at radius 2 is 2.12 bits per heavy atom. The Hall–Kier alpha value is -0.900. The van der Waals surface area contributed by atoms with E-state index in [4.69, 9.17) is 0 Å². The summed E-state index contributed by atoms with van der Waals surface area (Å²) in [5, 5.41) is 2.99. The molecule has 0 saturated carbocycles. The number of rotatable bonds is 4. The molecule has 1 heterocycles. The van der Waals surface area contributed by atoms with Gasteiger partial charge in [-0.3, -0.25) is 14.5 Å². The zero-order valence-corrected chi connectivity index (χ0v) is 11.3. The van der Waals surface area contributed by atoms with Gasteiger partial charge in [0.2, 0.25) is 5.91 Å². The van der Waals surface area contributed by atoms with E-state index in [1.807, 2.05) is 13.8 Å². The van der Waals surface area contributed by atoms with Crippen LogP contribution in [-0.2, 0) is 9.59 Å². The number of hydrogen-bond donors (Lipinski definition) is 1. The number of nitrogens with zero attached hydrogens (tertiary/aromatic N) is 1. The van der Waals surface area contributed by atoms with Gasteiger partial charge in [-0.25, -0.2) is 0 Å². The minimum Gasteiger partial charge on any atom is -0.352 e. The lowest BCUT2D eigenvalue weighted by molar-refractivity contribution is -0.129. The second-order valence-electron chi connectivity index (χ2n) is 5.45. The first kappa shape index (κ1) is 14.2. The van der Waals surface area contributed by atoms with Gasteiger partial charge in [-0.2, -0.15) is 0 Å². The molecule has 1 rings (SSSR count). The van der Waals surface area contributed by atoms with Gasteiger partial charge >= 0.3 is 0 Å². The quantitative estimate of drug-likeness (QED) is 0.799. The highest BCUT2D eigenvalue weighted by Crippen LogP contribution is 2.11. The van der Waals surface area contributed by atoms with Crippen molar-refractivity contribution in [2.75, 3.05) is 19.6 Å². The number of carbonyl (C=O) groups is 2. The maximum absolute atomic E-state index is 11.8. The molecule has 4 nitrogen and oxygen atoms in total. The summed E-state index contributed by atoms with van der Waals surface area (Å²) in [6.45, 7) is 9.97. The van der Waals surface area contributed by atoms with E-state index in [-0.39, 0.29) is 17.9 Å². The molecule has 17 heavy (non-hydrogen) atoms. The summed E-state index contributed by atoms with van der Waals surface area (Å²) in [6.07, 6.45) is 0.578. The lowest BCUT2D eigenvalue weighted by Crippen LogP contribution is -2.47. The van der Waals surface area contributed by atoms with Crippen LogP contribution in [0.4, 0.5) is 0 Å². The van der Waals surface area contributed by atoms with Crippen LogP contribution in [0.15, 0.2) is 0 Å². The Labute approximate surface area is 104 Å². The third-order valence-electron chi connectivity index (χ3n) is 3.51. The molecule has 0 radical (unpaired) electrons. The van der Waals surface area contributed by atoms with E-state index in [2.05, 4.69) is 24.1 Å². The molecule has 0 aliphatic carbocycles. The molecule has 4 heteroatoms. The molecular formula is C13H24N2O2. The molecule has 1 N–H and O–H groups in total. The molecule has 0 bridgehead atoms. The lowest BCUT2D eigenvalue weighted by atomic mass is 9.98. The second kappa shape index (κ2) is 6.15. The maximum atomic E-state index is 11.8. The van der Waals surface area contributed by atoms with Gasteiger partial charge < -0.3 is 5.32 Å². The third kappa shape index (κ3) is 4.46. The highest BCUT2D eigenvalue weighted by molar-refractivity contribution is 5.82. The third-order valence-corrected chi connectivity index (χ3v) is 3.51. The standard InChI is InChI=1S/C13H24N2O2/c1-9(2)11(4)14-13(17)8-15-6-5-12(16)10(3)7-15/h9-11H,5-8H2,1-4H3,(H,14,17). The van der Waals surface area contributed by atoms with Gasteiger partial charge in [-0.1, -0.05) is 20.8 Å². The minimum absolute atomic E-state index is 0.0627. The zero-order valence-electron chi connectivity index (χ0n) is 11.3. The molecule has 98 valence electrons. The van der Waals surface area contributed by atoms with Crippen LogP contribution in [0.2, 0.25) is 0 Å². The predicted octanol–water partition coefficient (Wildman–Crippen LogP) is 1.06. The van der Waals surface area contributed by atoms with Crippen molar-refractivity contribution in [3.05, 3.63) is 0 Å². The molecule has 0 aromatic rings. The topological polar surface area (TPSA) is 49.4 Å². The molecule has 1 amide bonds. The van der Waals surface area contributed by atoms with Crippen molar-refractivity contribution in [2.24, 2.45) is 11.8 Å². The SMILES string of the molecule is CC1CN(CC(=O)NC(C)C(C)C)CCC1=O. The minimum atomic E-state index is 0.0627. The molecular weight excluding hydrogens is 216 g/mol. The van der Waals surface area contributed by atoms with Gasteiger partial charge in [-0.15, -0.1) is 0 Å². The average molecular weight is 240 g/mol. The first-order valence-corrected chi connectivity index (χ1v) is 6.44. The van der Waals surface area contributed by atoms with Crippen molar-refractivity contribution >= 4 is 11.7 Å². The van der Waals surface area contributed by atoms with Gasteiger partial charge in [0.1, 0.15) is 5.78 Å². The van der Waals surface area contributed by atoms with Gasteiger partial charge in [0.25, 0.3) is 0 Å². The number of carbonyl (C=O) groups excluding carboxylic acids is 2.